The number of nitro benzene ring substituents is 2. The number of rotatable bonds is 7. The lowest BCUT2D eigenvalue weighted by atomic mass is 10.2. The van der Waals surface area contributed by atoms with Crippen LogP contribution in [-0.2, 0) is 0 Å². The van der Waals surface area contributed by atoms with Crippen molar-refractivity contribution in [1.29, 1.82) is 5.41 Å². The van der Waals surface area contributed by atoms with Gasteiger partial charge in [0.05, 0.1) is 15.9 Å². The van der Waals surface area contributed by atoms with Gasteiger partial charge in [-0.3, -0.25) is 20.2 Å². The second-order valence-electron chi connectivity index (χ2n) is 5.53. The number of anilines is 2. The quantitative estimate of drug-likeness (QED) is 0.371. The molecule has 0 amide bonds. The fourth-order valence-electron chi connectivity index (χ4n) is 2.44. The molecule has 10 nitrogen and oxygen atoms in total. The second-order valence-corrected chi connectivity index (χ2v) is 5.53. The van der Waals surface area contributed by atoms with Crippen molar-refractivity contribution in [2.45, 2.75) is 13.8 Å². The van der Waals surface area contributed by atoms with Crippen LogP contribution in [0.2, 0.25) is 0 Å². The Balaban J connectivity index is 0.000000280. The Morgan fingerprint density at radius 1 is 1.11 bits per heavy atom. The first-order valence-corrected chi connectivity index (χ1v) is 8.47. The molecule has 2 rings (SSSR count). The van der Waals surface area contributed by atoms with Gasteiger partial charge in [0.1, 0.15) is 11.4 Å². The van der Waals surface area contributed by atoms with E-state index in [1.54, 1.807) is 12.1 Å². The Labute approximate surface area is 162 Å². The summed E-state index contributed by atoms with van der Waals surface area (Å²) in [6, 6.07) is 8.82. The first-order valence-electron chi connectivity index (χ1n) is 8.47. The third-order valence-electron chi connectivity index (χ3n) is 3.96. The molecule has 3 N–H and O–H groups in total. The second kappa shape index (κ2) is 10.5. The highest BCUT2D eigenvalue weighted by Crippen LogP contribution is 2.28. The molecule has 0 aliphatic heterocycles. The zero-order valence-electron chi connectivity index (χ0n) is 15.9. The predicted molar refractivity (Wildman–Crippen MR) is 109 cm³/mol. The Morgan fingerprint density at radius 2 is 1.75 bits per heavy atom. The molecule has 0 atom stereocenters. The molecule has 0 bridgehead atoms. The minimum atomic E-state index is -0.674. The van der Waals surface area contributed by atoms with Crippen molar-refractivity contribution in [3.05, 3.63) is 62.2 Å². The number of nitro groups is 2. The highest BCUT2D eigenvalue weighted by Gasteiger charge is 2.18. The highest BCUT2D eigenvalue weighted by molar-refractivity contribution is 5.82. The molecule has 0 aromatic heterocycles. The van der Waals surface area contributed by atoms with E-state index in [0.29, 0.717) is 5.56 Å². The molecule has 0 spiro atoms. The van der Waals surface area contributed by atoms with E-state index in [1.165, 1.54) is 19.2 Å². The molecule has 0 radical (unpaired) electrons. The van der Waals surface area contributed by atoms with Crippen LogP contribution in [0.5, 0.6) is 5.75 Å². The average Bonchev–Trinajstić information content (AvgIpc) is 2.69. The van der Waals surface area contributed by atoms with Crippen LogP contribution in [-0.4, -0.2) is 41.3 Å². The van der Waals surface area contributed by atoms with Crippen LogP contribution >= 0.6 is 0 Å². The fraction of sp³-hybridized carbons (Fsp3) is 0.278. The summed E-state index contributed by atoms with van der Waals surface area (Å²) >= 11 is 0. The van der Waals surface area contributed by atoms with Crippen molar-refractivity contribution in [2.24, 2.45) is 0 Å². The predicted octanol–water partition coefficient (Wildman–Crippen LogP) is 3.78. The van der Waals surface area contributed by atoms with E-state index in [4.69, 9.17) is 5.41 Å². The Hall–Kier alpha value is -3.69. The molecule has 0 heterocycles. The molecule has 0 aliphatic rings. The zero-order chi connectivity index (χ0) is 21.3. The number of hydrogen-bond acceptors (Lipinski definition) is 8. The maximum atomic E-state index is 10.5. The molecule has 2 aromatic rings. The number of phenols is 1. The molecule has 0 fully saturated rings. The van der Waals surface area contributed by atoms with Gasteiger partial charge in [0, 0.05) is 49.7 Å². The van der Waals surface area contributed by atoms with E-state index >= 15 is 0 Å². The van der Waals surface area contributed by atoms with E-state index in [9.17, 15) is 25.3 Å². The maximum absolute atomic E-state index is 10.5. The van der Waals surface area contributed by atoms with Crippen LogP contribution < -0.4 is 10.2 Å². The van der Waals surface area contributed by atoms with Crippen LogP contribution in [0.3, 0.4) is 0 Å². The van der Waals surface area contributed by atoms with Crippen molar-refractivity contribution in [3.63, 3.8) is 0 Å². The van der Waals surface area contributed by atoms with Crippen LogP contribution in [0.4, 0.5) is 22.7 Å². The summed E-state index contributed by atoms with van der Waals surface area (Å²) < 4.78 is 0. The summed E-state index contributed by atoms with van der Waals surface area (Å²) in [6.07, 6.45) is 1.15. The summed E-state index contributed by atoms with van der Waals surface area (Å²) in [6.45, 7) is 5.98. The summed E-state index contributed by atoms with van der Waals surface area (Å²) in [5.74, 6) is 0.171. The van der Waals surface area contributed by atoms with Crippen molar-refractivity contribution in [1.82, 2.24) is 0 Å². The van der Waals surface area contributed by atoms with Gasteiger partial charge in [-0.15, -0.1) is 0 Å². The molecular weight excluding hydrogens is 366 g/mol. The van der Waals surface area contributed by atoms with Crippen molar-refractivity contribution < 1.29 is 15.0 Å². The van der Waals surface area contributed by atoms with E-state index in [0.717, 1.165) is 31.1 Å². The normalized spacial score (nSPS) is 9.68. The Morgan fingerprint density at radius 3 is 2.18 bits per heavy atom. The maximum Gasteiger partial charge on any atom is 0.299 e. The summed E-state index contributed by atoms with van der Waals surface area (Å²) in [7, 11) is 1.51. The average molecular weight is 389 g/mol. The molecule has 150 valence electrons. The van der Waals surface area contributed by atoms with Crippen LogP contribution in [0.15, 0.2) is 36.4 Å². The number of hydrogen-bond donors (Lipinski definition) is 3. The highest BCUT2D eigenvalue weighted by atomic mass is 16.6. The topological polar surface area (TPSA) is 146 Å². The summed E-state index contributed by atoms with van der Waals surface area (Å²) in [4.78, 5) is 21.6. The van der Waals surface area contributed by atoms with Crippen LogP contribution in [0, 0.1) is 25.6 Å². The Kier molecular flexibility index (Phi) is 8.35. The third kappa shape index (κ3) is 5.66. The van der Waals surface area contributed by atoms with Gasteiger partial charge in [-0.05, 0) is 32.0 Å². The van der Waals surface area contributed by atoms with Gasteiger partial charge >= 0.3 is 0 Å². The molecule has 10 heteroatoms. The lowest BCUT2D eigenvalue weighted by molar-refractivity contribution is -0.393. The molecular formula is C18H23N5O5. The summed E-state index contributed by atoms with van der Waals surface area (Å²) in [5.41, 5.74) is 1.21. The monoisotopic (exact) mass is 389 g/mol. The molecule has 0 saturated heterocycles. The minimum Gasteiger partial charge on any atom is -0.507 e. The number of nitrogens with zero attached hydrogens (tertiary/aromatic N) is 3. The Bertz CT molecular complexity index is 852. The van der Waals surface area contributed by atoms with Crippen molar-refractivity contribution >= 4 is 29.0 Å². The molecule has 28 heavy (non-hydrogen) atoms. The molecule has 0 unspecified atom stereocenters. The first-order chi connectivity index (χ1) is 13.3. The third-order valence-corrected chi connectivity index (χ3v) is 3.96. The number of phenolic OH excluding ortho intramolecular Hbond substituents is 1. The molecule has 2 aromatic carbocycles. The van der Waals surface area contributed by atoms with E-state index in [2.05, 4.69) is 24.1 Å². The van der Waals surface area contributed by atoms with E-state index in [-0.39, 0.29) is 22.8 Å². The molecule has 0 saturated carbocycles. The van der Waals surface area contributed by atoms with Gasteiger partial charge in [0.15, 0.2) is 0 Å². The number of benzene rings is 2. The van der Waals surface area contributed by atoms with Gasteiger partial charge in [0.2, 0.25) is 0 Å². The zero-order valence-corrected chi connectivity index (χ0v) is 15.9. The number of non-ortho nitro benzene ring substituents is 1. The number of nitrogens with one attached hydrogen (secondary N) is 2. The fourth-order valence-corrected chi connectivity index (χ4v) is 2.44. The van der Waals surface area contributed by atoms with Gasteiger partial charge < -0.3 is 20.7 Å². The van der Waals surface area contributed by atoms with Crippen LogP contribution in [0.25, 0.3) is 0 Å². The standard InChI is InChI=1S/C11H16N2O.C7H7N3O4/c1-3-13(4-2)10-6-5-9(8-12)11(14)7-10;1-8-6-3-2-5(9(11)12)4-7(6)10(13)14/h5-8,12,14H,3-4H2,1-2H3;2-4,8H,1H3. The number of aromatic hydroxyl groups is 1. The van der Waals surface area contributed by atoms with E-state index in [1.807, 2.05) is 6.07 Å². The first kappa shape index (κ1) is 22.4. The van der Waals surface area contributed by atoms with Crippen LogP contribution in [0.1, 0.15) is 19.4 Å². The van der Waals surface area contributed by atoms with Gasteiger partial charge in [-0.2, -0.15) is 0 Å². The minimum absolute atomic E-state index is 0.171. The summed E-state index contributed by atoms with van der Waals surface area (Å²) in [5, 5.41) is 40.0. The van der Waals surface area contributed by atoms with Crippen molar-refractivity contribution in [3.8, 4) is 5.75 Å². The lowest BCUT2D eigenvalue weighted by Gasteiger charge is -2.21. The van der Waals surface area contributed by atoms with Gasteiger partial charge in [0.25, 0.3) is 11.4 Å². The lowest BCUT2D eigenvalue weighted by Crippen LogP contribution is -2.21. The SMILES string of the molecule is CCN(CC)c1ccc(C=N)c(O)c1.CNc1ccc([N+](=O)[O-])cc1[N+](=O)[O-]. The van der Waals surface area contributed by atoms with E-state index < -0.39 is 9.85 Å². The largest absolute Gasteiger partial charge is 0.507 e. The van der Waals surface area contributed by atoms with Crippen molar-refractivity contribution in [2.75, 3.05) is 30.4 Å². The smallest absolute Gasteiger partial charge is 0.299 e. The van der Waals surface area contributed by atoms with Gasteiger partial charge in [-0.25, -0.2) is 0 Å². The van der Waals surface area contributed by atoms with Gasteiger partial charge in [-0.1, -0.05) is 0 Å². The molecule has 0 aliphatic carbocycles.